The maximum Gasteiger partial charge on any atom is 1.00 e. The number of aryl methyl sites for hydroxylation is 2. The van der Waals surface area contributed by atoms with Gasteiger partial charge in [0.1, 0.15) is 11.5 Å². The second kappa shape index (κ2) is 10.4. The monoisotopic (exact) mass is 451 g/mol. The standard InChI is InChI=1S/C25H39N3O2.K/c1-16(24-17(2)30-22-9-7-6-8-21(22)24)26-14-18-12-19-10-11-20(13-18)28(19)15-23(29)27-25(3,4)5;/h18-20,26H,1,6-15H2,2-5H3,(H,27,29);/q;+1/p-1. The summed E-state index contributed by atoms with van der Waals surface area (Å²) in [5.41, 5.74) is 3.34. The van der Waals surface area contributed by atoms with Crippen molar-refractivity contribution in [2.75, 3.05) is 13.1 Å². The Morgan fingerprint density at radius 1 is 1.19 bits per heavy atom. The average molecular weight is 452 g/mol. The molecule has 2 aliphatic heterocycles. The SMILES string of the molecule is C=C(NCC1CC2CCC(C1)N2CC(=O)[N-]C(C)(C)C)c1c(C)oc2c1CCCC2.[K+]. The molecular formula is C25H38KN3O2. The fourth-order valence-corrected chi connectivity index (χ4v) is 5.83. The number of carbonyl (C=O) groups is 1. The molecule has 166 valence electrons. The van der Waals surface area contributed by atoms with Gasteiger partial charge >= 0.3 is 51.4 Å². The molecule has 6 heteroatoms. The van der Waals surface area contributed by atoms with Crippen LogP contribution in [0.25, 0.3) is 11.0 Å². The zero-order valence-corrected chi connectivity index (χ0v) is 23.3. The van der Waals surface area contributed by atoms with Crippen molar-refractivity contribution in [3.8, 4) is 0 Å². The molecule has 1 amide bonds. The van der Waals surface area contributed by atoms with E-state index in [4.69, 9.17) is 4.42 Å². The molecule has 2 atom stereocenters. The van der Waals surface area contributed by atoms with Gasteiger partial charge in [0.2, 0.25) is 0 Å². The second-order valence-corrected chi connectivity index (χ2v) is 10.6. The molecule has 31 heavy (non-hydrogen) atoms. The average Bonchev–Trinajstić information content (AvgIpc) is 3.09. The van der Waals surface area contributed by atoms with Crippen LogP contribution in [0.15, 0.2) is 11.0 Å². The van der Waals surface area contributed by atoms with Crippen molar-refractivity contribution in [1.82, 2.24) is 10.2 Å². The Kier molecular flexibility index (Phi) is 8.59. The van der Waals surface area contributed by atoms with Crippen LogP contribution in [0.3, 0.4) is 0 Å². The van der Waals surface area contributed by atoms with Gasteiger partial charge in [0.15, 0.2) is 0 Å². The number of piperidine rings is 1. The molecule has 1 aliphatic carbocycles. The summed E-state index contributed by atoms with van der Waals surface area (Å²) >= 11 is 0. The third-order valence-corrected chi connectivity index (χ3v) is 7.01. The Balaban J connectivity index is 0.00000272. The molecule has 5 nitrogen and oxygen atoms in total. The summed E-state index contributed by atoms with van der Waals surface area (Å²) in [5.74, 6) is 2.85. The summed E-state index contributed by atoms with van der Waals surface area (Å²) in [7, 11) is 0. The Bertz CT molecular complexity index is 796. The van der Waals surface area contributed by atoms with Gasteiger partial charge in [-0.05, 0) is 57.8 Å². The molecule has 4 rings (SSSR count). The van der Waals surface area contributed by atoms with Crippen LogP contribution in [0.4, 0.5) is 0 Å². The normalized spacial score (nSPS) is 25.5. The fourth-order valence-electron chi connectivity index (χ4n) is 5.83. The Morgan fingerprint density at radius 2 is 1.84 bits per heavy atom. The molecule has 1 aromatic heterocycles. The van der Waals surface area contributed by atoms with E-state index < -0.39 is 0 Å². The zero-order chi connectivity index (χ0) is 21.5. The van der Waals surface area contributed by atoms with E-state index in [0.717, 1.165) is 43.7 Å². The van der Waals surface area contributed by atoms with E-state index in [0.29, 0.717) is 24.5 Å². The summed E-state index contributed by atoms with van der Waals surface area (Å²) < 4.78 is 6.03. The first-order chi connectivity index (χ1) is 14.2. The number of carbonyl (C=O) groups excluding carboxylic acids is 1. The molecule has 2 saturated heterocycles. The molecule has 0 radical (unpaired) electrons. The first-order valence-electron chi connectivity index (χ1n) is 11.8. The van der Waals surface area contributed by atoms with Gasteiger partial charge in [-0.25, -0.2) is 0 Å². The summed E-state index contributed by atoms with van der Waals surface area (Å²) in [6.07, 6.45) is 9.37. The van der Waals surface area contributed by atoms with Gasteiger partial charge in [-0.3, -0.25) is 4.90 Å². The topological polar surface area (TPSA) is 59.6 Å². The first-order valence-corrected chi connectivity index (χ1v) is 11.8. The Labute approximate surface area is 230 Å². The van der Waals surface area contributed by atoms with Crippen LogP contribution in [-0.2, 0) is 17.6 Å². The van der Waals surface area contributed by atoms with Gasteiger partial charge in [0.25, 0.3) is 0 Å². The third kappa shape index (κ3) is 6.07. The van der Waals surface area contributed by atoms with Crippen LogP contribution >= 0.6 is 0 Å². The Morgan fingerprint density at radius 3 is 2.48 bits per heavy atom. The van der Waals surface area contributed by atoms with Crippen molar-refractivity contribution >= 4 is 11.6 Å². The number of fused-ring (bicyclic) bond motifs is 3. The van der Waals surface area contributed by atoms with Crippen molar-refractivity contribution in [3.05, 3.63) is 34.5 Å². The van der Waals surface area contributed by atoms with Crippen molar-refractivity contribution in [3.63, 3.8) is 0 Å². The van der Waals surface area contributed by atoms with Crippen LogP contribution in [-0.4, -0.2) is 41.5 Å². The van der Waals surface area contributed by atoms with E-state index in [1.165, 1.54) is 42.6 Å². The van der Waals surface area contributed by atoms with Gasteiger partial charge in [0, 0.05) is 48.4 Å². The van der Waals surface area contributed by atoms with Gasteiger partial charge in [-0.2, -0.15) is 0 Å². The summed E-state index contributed by atoms with van der Waals surface area (Å²) in [5, 5.41) is 7.98. The van der Waals surface area contributed by atoms with Crippen molar-refractivity contribution in [1.29, 1.82) is 0 Å². The van der Waals surface area contributed by atoms with E-state index in [1.54, 1.807) is 0 Å². The minimum Gasteiger partial charge on any atom is -0.648 e. The largest absolute Gasteiger partial charge is 1.00 e. The predicted molar refractivity (Wildman–Crippen MR) is 121 cm³/mol. The number of hydrogen-bond donors (Lipinski definition) is 1. The van der Waals surface area contributed by atoms with Crippen molar-refractivity contribution in [2.24, 2.45) is 5.92 Å². The minimum atomic E-state index is -0.289. The number of amides is 1. The van der Waals surface area contributed by atoms with Crippen LogP contribution in [0, 0.1) is 12.8 Å². The number of hydrogen-bond acceptors (Lipinski definition) is 4. The van der Waals surface area contributed by atoms with E-state index >= 15 is 0 Å². The van der Waals surface area contributed by atoms with Gasteiger partial charge in [0.05, 0.1) is 5.91 Å². The quantitative estimate of drug-likeness (QED) is 0.672. The molecule has 0 spiro atoms. The number of rotatable bonds is 6. The van der Waals surface area contributed by atoms with E-state index in [2.05, 4.69) is 29.0 Å². The Hall–Kier alpha value is -0.114. The first kappa shape index (κ1) is 25.5. The van der Waals surface area contributed by atoms with E-state index in [1.807, 2.05) is 20.8 Å². The van der Waals surface area contributed by atoms with E-state index in [-0.39, 0.29) is 62.8 Å². The zero-order valence-electron chi connectivity index (χ0n) is 20.2. The molecule has 0 saturated carbocycles. The molecule has 3 aliphatic rings. The molecule has 1 N–H and O–H groups in total. The van der Waals surface area contributed by atoms with Gasteiger partial charge in [-0.1, -0.05) is 27.4 Å². The van der Waals surface area contributed by atoms with Gasteiger partial charge < -0.3 is 19.8 Å². The third-order valence-electron chi connectivity index (χ3n) is 7.01. The van der Waals surface area contributed by atoms with Crippen molar-refractivity contribution < 1.29 is 60.6 Å². The maximum absolute atomic E-state index is 12.4. The van der Waals surface area contributed by atoms with Crippen LogP contribution in [0.5, 0.6) is 0 Å². The second-order valence-electron chi connectivity index (χ2n) is 10.6. The molecule has 2 fully saturated rings. The number of nitrogens with zero attached hydrogens (tertiary/aromatic N) is 2. The molecule has 0 aromatic carbocycles. The number of furan rings is 1. The van der Waals surface area contributed by atoms with Crippen molar-refractivity contribution in [2.45, 2.75) is 96.7 Å². The molecule has 2 unspecified atom stereocenters. The number of nitrogens with one attached hydrogen (secondary N) is 1. The smallest absolute Gasteiger partial charge is 0.648 e. The molecule has 2 bridgehead atoms. The summed E-state index contributed by atoms with van der Waals surface area (Å²) in [6.45, 7) is 13.8. The van der Waals surface area contributed by atoms with Gasteiger partial charge in [-0.15, -0.1) is 5.54 Å². The molecular weight excluding hydrogens is 413 g/mol. The molecule has 1 aromatic rings. The van der Waals surface area contributed by atoms with Crippen LogP contribution in [0.2, 0.25) is 0 Å². The van der Waals surface area contributed by atoms with Crippen LogP contribution < -0.4 is 56.7 Å². The predicted octanol–water partition coefficient (Wildman–Crippen LogP) is 1.97. The summed E-state index contributed by atoms with van der Waals surface area (Å²) in [6, 6.07) is 1.04. The molecule has 3 heterocycles. The minimum absolute atomic E-state index is 0. The van der Waals surface area contributed by atoms with Crippen LogP contribution in [0.1, 0.15) is 81.9 Å². The van der Waals surface area contributed by atoms with E-state index in [9.17, 15) is 4.79 Å². The maximum atomic E-state index is 12.4. The fraction of sp³-hybridized carbons (Fsp3) is 0.720. The summed E-state index contributed by atoms with van der Waals surface area (Å²) in [4.78, 5) is 14.8.